The van der Waals surface area contributed by atoms with Gasteiger partial charge in [0.05, 0.1) is 5.52 Å². The van der Waals surface area contributed by atoms with Crippen LogP contribution in [0.2, 0.25) is 0 Å². The van der Waals surface area contributed by atoms with Crippen molar-refractivity contribution in [2.24, 2.45) is 0 Å². The second-order valence-electron chi connectivity index (χ2n) is 5.25. The van der Waals surface area contributed by atoms with Gasteiger partial charge in [0, 0.05) is 18.8 Å². The number of fused-ring (bicyclic) bond motifs is 1. The molecule has 1 saturated heterocycles. The molecule has 1 fully saturated rings. The quantitative estimate of drug-likeness (QED) is 0.872. The molecule has 0 spiro atoms. The molecule has 0 radical (unpaired) electrons. The Morgan fingerprint density at radius 2 is 2.05 bits per heavy atom. The number of hydrogen-bond donors (Lipinski definition) is 1. The third-order valence-electron chi connectivity index (χ3n) is 3.98. The minimum Gasteiger partial charge on any atom is -0.733 e. The lowest BCUT2D eigenvalue weighted by Crippen LogP contribution is -2.21. The van der Waals surface area contributed by atoms with Crippen LogP contribution in [-0.4, -0.2) is 27.9 Å². The number of anilines is 2. The normalized spacial score (nSPS) is 15.3. The predicted octanol–water partition coefficient (Wildman–Crippen LogP) is 2.50. The van der Waals surface area contributed by atoms with Crippen molar-refractivity contribution in [1.82, 2.24) is 9.61 Å². The Kier molecular flexibility index (Phi) is 3.27. The van der Waals surface area contributed by atoms with Crippen LogP contribution in [0.1, 0.15) is 31.0 Å². The Balaban J connectivity index is 2.29. The van der Waals surface area contributed by atoms with Crippen LogP contribution in [0.15, 0.2) is 12.1 Å². The first kappa shape index (κ1) is 13.2. The molecule has 20 heavy (non-hydrogen) atoms. The summed E-state index contributed by atoms with van der Waals surface area (Å²) in [6, 6.07) is 3.98. The fraction of sp³-hybridized carbons (Fsp3) is 0.500. The van der Waals surface area contributed by atoms with Crippen LogP contribution in [0.5, 0.6) is 0 Å². The first-order valence-electron chi connectivity index (χ1n) is 7.05. The van der Waals surface area contributed by atoms with E-state index in [9.17, 15) is 10.4 Å². The zero-order chi connectivity index (χ0) is 14.3. The molecule has 3 rings (SSSR count). The molecule has 0 saturated carbocycles. The second-order valence-corrected chi connectivity index (χ2v) is 5.25. The van der Waals surface area contributed by atoms with Crippen molar-refractivity contribution >= 4 is 17.0 Å². The summed E-state index contributed by atoms with van der Waals surface area (Å²) in [7, 11) is 0. The molecule has 1 aliphatic rings. The number of aromatic nitrogens is 2. The average Bonchev–Trinajstić information content (AvgIpc) is 3.06. The van der Waals surface area contributed by atoms with Gasteiger partial charge in [-0.05, 0) is 37.8 Å². The van der Waals surface area contributed by atoms with Crippen LogP contribution < -0.4 is 10.1 Å². The maximum absolute atomic E-state index is 11.7. The van der Waals surface area contributed by atoms with Crippen molar-refractivity contribution in [1.29, 1.82) is 0 Å². The zero-order valence-corrected chi connectivity index (χ0v) is 11.8. The molecule has 3 heterocycles. The van der Waals surface area contributed by atoms with E-state index in [1.807, 2.05) is 26.0 Å². The van der Waals surface area contributed by atoms with Crippen molar-refractivity contribution in [2.45, 2.75) is 33.1 Å². The van der Waals surface area contributed by atoms with Gasteiger partial charge in [0.25, 0.3) is 0 Å². The van der Waals surface area contributed by atoms with E-state index in [1.165, 1.54) is 0 Å². The second kappa shape index (κ2) is 4.96. The largest absolute Gasteiger partial charge is 0.733 e. The third-order valence-corrected chi connectivity index (χ3v) is 3.98. The van der Waals surface area contributed by atoms with Crippen molar-refractivity contribution in [3.05, 3.63) is 28.6 Å². The highest BCUT2D eigenvalue weighted by Crippen LogP contribution is 2.36. The third kappa shape index (κ3) is 1.92. The fourth-order valence-corrected chi connectivity index (χ4v) is 2.92. The number of aryl methyl sites for hydroxylation is 2. The van der Waals surface area contributed by atoms with Crippen LogP contribution in [0.25, 0.3) is 5.52 Å². The molecule has 0 aromatic carbocycles. The van der Waals surface area contributed by atoms with Gasteiger partial charge in [-0.2, -0.15) is 0 Å². The van der Waals surface area contributed by atoms with E-state index < -0.39 is 0 Å². The molecule has 0 unspecified atom stereocenters. The van der Waals surface area contributed by atoms with Crippen LogP contribution in [-0.2, 0) is 6.42 Å². The van der Waals surface area contributed by atoms with E-state index in [1.54, 1.807) is 4.52 Å². The van der Waals surface area contributed by atoms with Gasteiger partial charge in [0.15, 0.2) is 5.82 Å². The molecule has 0 aliphatic carbocycles. The Hall–Kier alpha value is -1.79. The van der Waals surface area contributed by atoms with Crippen molar-refractivity contribution in [3.63, 3.8) is 0 Å². The standard InChI is InChI=1S/C14H19N4O2/c1-3-11-7-6-10(2)17-12(11)13(18(19)20)14(15-17)16-8-4-5-9-16/h6-7,19H,3-5,8-9H2,1-2H3/q-1. The lowest BCUT2D eigenvalue weighted by atomic mass is 10.1. The number of rotatable bonds is 3. The van der Waals surface area contributed by atoms with Crippen LogP contribution >= 0.6 is 0 Å². The average molecular weight is 275 g/mol. The summed E-state index contributed by atoms with van der Waals surface area (Å²) >= 11 is 0. The molecule has 2 aromatic rings. The lowest BCUT2D eigenvalue weighted by molar-refractivity contribution is 0.297. The summed E-state index contributed by atoms with van der Waals surface area (Å²) in [6.45, 7) is 5.74. The van der Waals surface area contributed by atoms with E-state index in [2.05, 4.69) is 10.00 Å². The maximum Gasteiger partial charge on any atom is 0.176 e. The summed E-state index contributed by atoms with van der Waals surface area (Å²) in [5.74, 6) is 0.587. The fourth-order valence-electron chi connectivity index (χ4n) is 2.92. The molecule has 2 aromatic heterocycles. The molecule has 1 aliphatic heterocycles. The van der Waals surface area contributed by atoms with E-state index in [0.29, 0.717) is 11.3 Å². The van der Waals surface area contributed by atoms with E-state index in [4.69, 9.17) is 0 Å². The summed E-state index contributed by atoms with van der Waals surface area (Å²) in [5, 5.41) is 25.8. The minimum absolute atomic E-state index is 0.0331. The molecule has 108 valence electrons. The van der Waals surface area contributed by atoms with Gasteiger partial charge in [-0.15, -0.1) is 5.10 Å². The SMILES string of the molecule is CCc1ccc(C)n2nc(N3CCCC3)c(N([O-])O)c12. The van der Waals surface area contributed by atoms with E-state index in [-0.39, 0.29) is 10.9 Å². The molecule has 1 N–H and O–H groups in total. The highest BCUT2D eigenvalue weighted by molar-refractivity contribution is 5.87. The molecule has 0 bridgehead atoms. The van der Waals surface area contributed by atoms with Gasteiger partial charge in [-0.25, -0.2) is 4.52 Å². The molecule has 6 nitrogen and oxygen atoms in total. The van der Waals surface area contributed by atoms with E-state index in [0.717, 1.165) is 43.6 Å². The smallest absolute Gasteiger partial charge is 0.176 e. The summed E-state index contributed by atoms with van der Waals surface area (Å²) in [5.41, 5.74) is 2.95. The van der Waals surface area contributed by atoms with Crippen LogP contribution in [0, 0.1) is 12.1 Å². The van der Waals surface area contributed by atoms with Crippen LogP contribution in [0.4, 0.5) is 11.5 Å². The molecule has 0 atom stereocenters. The monoisotopic (exact) mass is 275 g/mol. The summed E-state index contributed by atoms with van der Waals surface area (Å²) in [4.78, 5) is 2.07. The molecule has 6 heteroatoms. The summed E-state index contributed by atoms with van der Waals surface area (Å²) in [6.07, 6.45) is 2.98. The summed E-state index contributed by atoms with van der Waals surface area (Å²) < 4.78 is 1.77. The van der Waals surface area contributed by atoms with Gasteiger partial charge in [0.1, 0.15) is 5.69 Å². The van der Waals surface area contributed by atoms with Gasteiger partial charge in [-0.3, -0.25) is 5.21 Å². The Morgan fingerprint density at radius 3 is 2.65 bits per heavy atom. The van der Waals surface area contributed by atoms with Crippen molar-refractivity contribution < 1.29 is 5.21 Å². The highest BCUT2D eigenvalue weighted by Gasteiger charge is 2.24. The number of hydrogen-bond acceptors (Lipinski definition) is 5. The molecule has 0 amide bonds. The first-order valence-corrected chi connectivity index (χ1v) is 7.05. The Bertz CT molecular complexity index is 630. The lowest BCUT2D eigenvalue weighted by Gasteiger charge is -2.25. The first-order chi connectivity index (χ1) is 9.63. The van der Waals surface area contributed by atoms with Crippen molar-refractivity contribution in [3.8, 4) is 0 Å². The van der Waals surface area contributed by atoms with Gasteiger partial charge in [0.2, 0.25) is 0 Å². The zero-order valence-electron chi connectivity index (χ0n) is 11.8. The molecular weight excluding hydrogens is 256 g/mol. The van der Waals surface area contributed by atoms with E-state index >= 15 is 0 Å². The van der Waals surface area contributed by atoms with Gasteiger partial charge < -0.3 is 15.3 Å². The Morgan fingerprint density at radius 1 is 1.35 bits per heavy atom. The highest BCUT2D eigenvalue weighted by atomic mass is 16.8. The number of nitrogens with zero attached hydrogens (tertiary/aromatic N) is 4. The number of pyridine rings is 1. The van der Waals surface area contributed by atoms with Crippen LogP contribution in [0.3, 0.4) is 0 Å². The minimum atomic E-state index is -0.0331. The Labute approximate surface area is 117 Å². The topological polar surface area (TPSA) is 67.1 Å². The maximum atomic E-state index is 11.7. The predicted molar refractivity (Wildman–Crippen MR) is 78.4 cm³/mol. The molecular formula is C14H19N4O2-. The van der Waals surface area contributed by atoms with Gasteiger partial charge >= 0.3 is 0 Å². The van der Waals surface area contributed by atoms with Gasteiger partial charge in [-0.1, -0.05) is 13.0 Å². The van der Waals surface area contributed by atoms with Crippen molar-refractivity contribution in [2.75, 3.05) is 23.2 Å².